The molecule has 0 aliphatic carbocycles. The topological polar surface area (TPSA) is 62.4 Å². The number of ether oxygens (including phenoxy) is 1. The molecule has 186 valence electrons. The zero-order valence-corrected chi connectivity index (χ0v) is 22.1. The van der Waals surface area contributed by atoms with Crippen LogP contribution in [0.2, 0.25) is 5.02 Å². The van der Waals surface area contributed by atoms with Crippen LogP contribution >= 0.6 is 11.6 Å². The summed E-state index contributed by atoms with van der Waals surface area (Å²) in [6, 6.07) is 10.4. The van der Waals surface area contributed by atoms with E-state index in [9.17, 15) is 4.79 Å². The molecule has 3 rings (SSSR count). The number of amidine groups is 1. The van der Waals surface area contributed by atoms with Crippen molar-refractivity contribution in [3.8, 4) is 0 Å². The Bertz CT molecular complexity index is 1100. The van der Waals surface area contributed by atoms with Crippen LogP contribution in [0, 0.1) is 6.57 Å². The molecule has 7 nitrogen and oxygen atoms in total. The van der Waals surface area contributed by atoms with Crippen LogP contribution in [0.4, 0.5) is 11.5 Å². The van der Waals surface area contributed by atoms with Gasteiger partial charge in [-0.1, -0.05) is 44.5 Å². The normalized spacial score (nSPS) is 16.0. The van der Waals surface area contributed by atoms with Gasteiger partial charge in [0.05, 0.1) is 10.7 Å². The van der Waals surface area contributed by atoms with Crippen molar-refractivity contribution >= 4 is 34.9 Å². The molecule has 0 N–H and O–H groups in total. The Labute approximate surface area is 213 Å². The van der Waals surface area contributed by atoms with E-state index in [2.05, 4.69) is 35.5 Å². The average molecular weight is 496 g/mol. The predicted molar refractivity (Wildman–Crippen MR) is 142 cm³/mol. The fourth-order valence-electron chi connectivity index (χ4n) is 3.80. The highest BCUT2D eigenvalue weighted by molar-refractivity contribution is 6.32. The first-order valence-corrected chi connectivity index (χ1v) is 12.2. The molecule has 0 bridgehead atoms. The van der Waals surface area contributed by atoms with E-state index in [0.717, 1.165) is 5.82 Å². The number of anilines is 1. The number of hydrogen-bond donors (Lipinski definition) is 0. The van der Waals surface area contributed by atoms with Gasteiger partial charge in [0.15, 0.2) is 0 Å². The number of esters is 1. The highest BCUT2D eigenvalue weighted by Crippen LogP contribution is 2.27. The third-order valence-electron chi connectivity index (χ3n) is 5.62. The lowest BCUT2D eigenvalue weighted by molar-refractivity contribution is -0.153. The van der Waals surface area contributed by atoms with E-state index in [1.54, 1.807) is 33.0 Å². The van der Waals surface area contributed by atoms with Crippen LogP contribution in [-0.2, 0) is 14.9 Å². The van der Waals surface area contributed by atoms with Crippen LogP contribution < -0.4 is 4.90 Å². The summed E-state index contributed by atoms with van der Waals surface area (Å²) in [5, 5.41) is 0.599. The van der Waals surface area contributed by atoms with Gasteiger partial charge in [0.25, 0.3) is 0 Å². The van der Waals surface area contributed by atoms with Crippen LogP contribution in [-0.4, -0.2) is 59.5 Å². The van der Waals surface area contributed by atoms with Crippen LogP contribution in [0.5, 0.6) is 0 Å². The molecule has 8 heteroatoms. The molecule has 2 aromatic rings. The summed E-state index contributed by atoms with van der Waals surface area (Å²) < 4.78 is 5.57. The van der Waals surface area contributed by atoms with Crippen molar-refractivity contribution < 1.29 is 9.53 Å². The number of rotatable bonds is 4. The first-order valence-electron chi connectivity index (χ1n) is 11.8. The molecule has 1 fully saturated rings. The van der Waals surface area contributed by atoms with E-state index in [4.69, 9.17) is 27.9 Å². The molecular weight excluding hydrogens is 462 g/mol. The molecule has 1 atom stereocenters. The number of hydrogen-bond acceptors (Lipinski definition) is 5. The molecule has 1 aromatic heterocycles. The van der Waals surface area contributed by atoms with E-state index in [1.807, 2.05) is 35.2 Å². The minimum atomic E-state index is -1.15. The van der Waals surface area contributed by atoms with Gasteiger partial charge in [-0.3, -0.25) is 4.85 Å². The van der Waals surface area contributed by atoms with Gasteiger partial charge in [0, 0.05) is 32.4 Å². The highest BCUT2D eigenvalue weighted by atomic mass is 35.5. The number of piperazine rings is 1. The van der Waals surface area contributed by atoms with E-state index in [1.165, 1.54) is 5.56 Å². The number of aromatic nitrogens is 1. The summed E-state index contributed by atoms with van der Waals surface area (Å²) in [5.74, 6) is 0.552. The Kier molecular flexibility index (Phi) is 8.07. The third kappa shape index (κ3) is 6.95. The van der Waals surface area contributed by atoms with Crippen molar-refractivity contribution in [3.63, 3.8) is 0 Å². The van der Waals surface area contributed by atoms with Crippen molar-refractivity contribution in [2.24, 2.45) is 4.99 Å². The quantitative estimate of drug-likeness (QED) is 0.242. The molecule has 1 aliphatic rings. The molecule has 2 heterocycles. The summed E-state index contributed by atoms with van der Waals surface area (Å²) in [7, 11) is 0. The minimum absolute atomic E-state index is 0.0176. The van der Waals surface area contributed by atoms with Crippen molar-refractivity contribution in [3.05, 3.63) is 64.6 Å². The lowest BCUT2D eigenvalue weighted by atomic mass is 9.87. The maximum atomic E-state index is 13.0. The van der Waals surface area contributed by atoms with Crippen LogP contribution in [0.15, 0.2) is 47.6 Å². The molecular formula is C27H34ClN5O2. The summed E-state index contributed by atoms with van der Waals surface area (Å²) in [5.41, 5.74) is 1.20. The van der Waals surface area contributed by atoms with Crippen LogP contribution in [0.25, 0.3) is 4.85 Å². The van der Waals surface area contributed by atoms with Gasteiger partial charge in [0.2, 0.25) is 5.84 Å². The molecule has 1 saturated heterocycles. The predicted octanol–water partition coefficient (Wildman–Crippen LogP) is 5.51. The standard InChI is InChI=1S/C27H34ClN5O2/c1-26(2,3)19-10-12-20(13-11-19)31-24(22(29-7)25(34)35-27(4,5)6)33-17-15-32(16-18-33)23-21(28)9-8-14-30-23/h8-14,22H,15-18H2,1-6H3. The molecule has 1 aromatic carbocycles. The van der Waals surface area contributed by atoms with Gasteiger partial charge in [-0.15, -0.1) is 0 Å². The highest BCUT2D eigenvalue weighted by Gasteiger charge is 2.39. The number of pyridine rings is 1. The number of carbonyl (C=O) groups is 1. The van der Waals surface area contributed by atoms with Gasteiger partial charge in [-0.2, -0.15) is 0 Å². The Morgan fingerprint density at radius 2 is 1.71 bits per heavy atom. The zero-order valence-electron chi connectivity index (χ0n) is 21.4. The smallest absolute Gasteiger partial charge is 0.399 e. The van der Waals surface area contributed by atoms with Crippen molar-refractivity contribution in [1.29, 1.82) is 0 Å². The third-order valence-corrected chi connectivity index (χ3v) is 5.92. The monoisotopic (exact) mass is 495 g/mol. The Balaban J connectivity index is 1.91. The largest absolute Gasteiger partial charge is 0.454 e. The minimum Gasteiger partial charge on any atom is -0.454 e. The van der Waals surface area contributed by atoms with Crippen LogP contribution in [0.1, 0.15) is 47.1 Å². The van der Waals surface area contributed by atoms with Gasteiger partial charge < -0.3 is 14.5 Å². The number of halogens is 1. The molecule has 35 heavy (non-hydrogen) atoms. The van der Waals surface area contributed by atoms with E-state index >= 15 is 0 Å². The lowest BCUT2D eigenvalue weighted by Gasteiger charge is -2.37. The van der Waals surface area contributed by atoms with E-state index in [0.29, 0.717) is 42.7 Å². The van der Waals surface area contributed by atoms with Crippen molar-refractivity contribution in [1.82, 2.24) is 9.88 Å². The van der Waals surface area contributed by atoms with E-state index < -0.39 is 17.6 Å². The Morgan fingerprint density at radius 1 is 1.09 bits per heavy atom. The molecule has 0 radical (unpaired) electrons. The summed E-state index contributed by atoms with van der Waals surface area (Å²) in [4.78, 5) is 30.0. The maximum absolute atomic E-state index is 13.0. The second kappa shape index (κ2) is 10.7. The first kappa shape index (κ1) is 26.5. The molecule has 1 unspecified atom stereocenters. The van der Waals surface area contributed by atoms with Gasteiger partial charge in [-0.25, -0.2) is 21.3 Å². The second-order valence-electron chi connectivity index (χ2n) is 10.6. The first-order chi connectivity index (χ1) is 16.4. The fraction of sp³-hybridized carbons (Fsp3) is 0.481. The fourth-order valence-corrected chi connectivity index (χ4v) is 4.04. The summed E-state index contributed by atoms with van der Waals surface area (Å²) in [6.07, 6.45) is 1.72. The average Bonchev–Trinajstić information content (AvgIpc) is 2.78. The second-order valence-corrected chi connectivity index (χ2v) is 11.0. The maximum Gasteiger partial charge on any atom is 0.399 e. The lowest BCUT2D eigenvalue weighted by Crippen LogP contribution is -2.53. The molecule has 0 spiro atoms. The molecule has 1 aliphatic heterocycles. The number of benzene rings is 1. The zero-order chi connectivity index (χ0) is 25.8. The van der Waals surface area contributed by atoms with Crippen molar-refractivity contribution in [2.45, 2.75) is 58.6 Å². The number of aliphatic imine (C=N–C) groups is 1. The van der Waals surface area contributed by atoms with Gasteiger partial charge >= 0.3 is 12.0 Å². The van der Waals surface area contributed by atoms with E-state index in [-0.39, 0.29) is 5.41 Å². The Hall–Kier alpha value is -3.11. The SMILES string of the molecule is [C-]#[N+]C(C(=O)OC(C)(C)C)C(=Nc1ccc(C(C)(C)C)cc1)N1CCN(c2ncccc2Cl)CC1. The Morgan fingerprint density at radius 3 is 2.23 bits per heavy atom. The van der Waals surface area contributed by atoms with Crippen molar-refractivity contribution in [2.75, 3.05) is 31.1 Å². The number of carbonyl (C=O) groups excluding carboxylic acids is 1. The number of nitrogens with zero attached hydrogens (tertiary/aromatic N) is 5. The van der Waals surface area contributed by atoms with Crippen LogP contribution in [0.3, 0.4) is 0 Å². The molecule has 0 saturated carbocycles. The summed E-state index contributed by atoms with van der Waals surface area (Å²) >= 11 is 6.34. The summed E-state index contributed by atoms with van der Waals surface area (Å²) in [6.45, 7) is 22.1. The molecule has 0 amide bonds. The van der Waals surface area contributed by atoms with Gasteiger partial charge in [-0.05, 0) is 56.0 Å². The van der Waals surface area contributed by atoms with Gasteiger partial charge in [0.1, 0.15) is 11.4 Å².